The molecule has 0 bridgehead atoms. The molecule has 1 aliphatic rings. The molecule has 0 aromatic rings. The van der Waals surface area contributed by atoms with Crippen LogP contribution < -0.4 is 5.73 Å². The molecule has 1 heterocycles. The Balaban J connectivity index is 2.89. The van der Waals surface area contributed by atoms with E-state index < -0.39 is 5.60 Å². The maximum atomic E-state index is 12.3. The van der Waals surface area contributed by atoms with Crippen LogP contribution in [-0.2, 0) is 4.74 Å². The summed E-state index contributed by atoms with van der Waals surface area (Å²) in [7, 11) is 0. The van der Waals surface area contributed by atoms with Crippen LogP contribution in [0.5, 0.6) is 0 Å². The predicted octanol–water partition coefficient (Wildman–Crippen LogP) is 3.25. The van der Waals surface area contributed by atoms with Crippen LogP contribution in [-0.4, -0.2) is 36.2 Å². The van der Waals surface area contributed by atoms with E-state index in [-0.39, 0.29) is 16.9 Å². The van der Waals surface area contributed by atoms with Crippen LogP contribution in [0.3, 0.4) is 0 Å². The summed E-state index contributed by atoms with van der Waals surface area (Å²) in [4.78, 5) is 14.2. The van der Waals surface area contributed by atoms with Crippen LogP contribution in [0.2, 0.25) is 0 Å². The quantitative estimate of drug-likeness (QED) is 0.847. The van der Waals surface area contributed by atoms with Gasteiger partial charge in [-0.2, -0.15) is 0 Å². The topological polar surface area (TPSA) is 55.6 Å². The summed E-state index contributed by atoms with van der Waals surface area (Å²) in [6, 6.07) is 0. The summed E-state index contributed by atoms with van der Waals surface area (Å²) in [5.74, 6) is 0.513. The fourth-order valence-corrected chi connectivity index (χ4v) is 3.72. The van der Waals surface area contributed by atoms with E-state index in [1.165, 1.54) is 0 Å². The van der Waals surface area contributed by atoms with Gasteiger partial charge in [0.2, 0.25) is 0 Å². The molecule has 4 nitrogen and oxygen atoms in total. The van der Waals surface area contributed by atoms with E-state index in [0.717, 1.165) is 19.5 Å². The number of nitrogens with two attached hydrogens (primary N) is 1. The third-order valence-electron chi connectivity index (χ3n) is 4.19. The second-order valence-electron chi connectivity index (χ2n) is 8.44. The van der Waals surface area contributed by atoms with Crippen LogP contribution in [0.15, 0.2) is 0 Å². The van der Waals surface area contributed by atoms with Crippen molar-refractivity contribution in [3.8, 4) is 0 Å². The van der Waals surface area contributed by atoms with Gasteiger partial charge < -0.3 is 15.4 Å². The van der Waals surface area contributed by atoms with Crippen molar-refractivity contribution < 1.29 is 9.53 Å². The van der Waals surface area contributed by atoms with Crippen LogP contribution in [0.1, 0.15) is 54.9 Å². The van der Waals surface area contributed by atoms with Crippen molar-refractivity contribution in [1.29, 1.82) is 0 Å². The van der Waals surface area contributed by atoms with Crippen molar-refractivity contribution in [3.63, 3.8) is 0 Å². The monoisotopic (exact) mass is 284 g/mol. The van der Waals surface area contributed by atoms with Gasteiger partial charge in [0.1, 0.15) is 5.60 Å². The lowest BCUT2D eigenvalue weighted by Crippen LogP contribution is -2.57. The first-order valence-electron chi connectivity index (χ1n) is 7.57. The van der Waals surface area contributed by atoms with Crippen molar-refractivity contribution in [1.82, 2.24) is 4.90 Å². The molecule has 0 spiro atoms. The average Bonchev–Trinajstić information content (AvgIpc) is 2.19. The molecule has 20 heavy (non-hydrogen) atoms. The van der Waals surface area contributed by atoms with Gasteiger partial charge in [0, 0.05) is 13.1 Å². The minimum atomic E-state index is -0.445. The highest BCUT2D eigenvalue weighted by atomic mass is 16.6. The van der Waals surface area contributed by atoms with E-state index in [2.05, 4.69) is 27.7 Å². The molecule has 2 N–H and O–H groups in total. The Kier molecular flexibility index (Phi) is 4.79. The van der Waals surface area contributed by atoms with Gasteiger partial charge in [0.25, 0.3) is 0 Å². The summed E-state index contributed by atoms with van der Waals surface area (Å²) < 4.78 is 5.52. The van der Waals surface area contributed by atoms with Crippen LogP contribution in [0.4, 0.5) is 4.79 Å². The molecule has 1 fully saturated rings. The first-order chi connectivity index (χ1) is 8.89. The van der Waals surface area contributed by atoms with E-state index in [1.807, 2.05) is 25.7 Å². The number of amides is 1. The predicted molar refractivity (Wildman–Crippen MR) is 82.5 cm³/mol. The minimum absolute atomic E-state index is 0.0536. The second-order valence-corrected chi connectivity index (χ2v) is 8.44. The number of piperidine rings is 1. The van der Waals surface area contributed by atoms with Gasteiger partial charge in [0.05, 0.1) is 0 Å². The fourth-order valence-electron chi connectivity index (χ4n) is 3.72. The Hall–Kier alpha value is -0.770. The lowest BCUT2D eigenvalue weighted by molar-refractivity contribution is -0.0561. The maximum absolute atomic E-state index is 12.3. The Morgan fingerprint density at radius 2 is 1.65 bits per heavy atom. The number of carbonyl (C=O) groups is 1. The standard InChI is InChI=1S/C16H32N2O2/c1-14(2,3)20-13(19)18-10-15(4,5)12(8-9-17)16(6,7)11-18/h12H,8-11,17H2,1-7H3. The largest absolute Gasteiger partial charge is 0.444 e. The number of rotatable bonds is 2. The number of carbonyl (C=O) groups excluding carboxylic acids is 1. The Bertz CT molecular complexity index is 338. The SMILES string of the molecule is CC(C)(C)OC(=O)N1CC(C)(C)C(CCN)C(C)(C)C1. The first-order valence-corrected chi connectivity index (χ1v) is 7.57. The lowest BCUT2D eigenvalue weighted by Gasteiger charge is -2.53. The van der Waals surface area contributed by atoms with Crippen LogP contribution >= 0.6 is 0 Å². The van der Waals surface area contributed by atoms with Crippen molar-refractivity contribution in [2.45, 2.75) is 60.5 Å². The third-order valence-corrected chi connectivity index (χ3v) is 4.19. The third kappa shape index (κ3) is 4.11. The summed E-state index contributed by atoms with van der Waals surface area (Å²) in [6.07, 6.45) is 0.798. The van der Waals surface area contributed by atoms with Crippen molar-refractivity contribution in [3.05, 3.63) is 0 Å². The molecular formula is C16H32N2O2. The summed E-state index contributed by atoms with van der Waals surface area (Å²) in [5, 5.41) is 0. The molecule has 1 aliphatic heterocycles. The van der Waals surface area contributed by atoms with Crippen LogP contribution in [0.25, 0.3) is 0 Å². The molecule has 0 radical (unpaired) electrons. The molecular weight excluding hydrogens is 252 g/mol. The Morgan fingerprint density at radius 1 is 1.20 bits per heavy atom. The summed E-state index contributed by atoms with van der Waals surface area (Å²) in [6.45, 7) is 16.8. The molecule has 0 unspecified atom stereocenters. The minimum Gasteiger partial charge on any atom is -0.444 e. The van der Waals surface area contributed by atoms with Gasteiger partial charge in [-0.15, -0.1) is 0 Å². The van der Waals surface area contributed by atoms with Crippen LogP contribution in [0, 0.1) is 16.7 Å². The van der Waals surface area contributed by atoms with E-state index in [9.17, 15) is 4.79 Å². The molecule has 0 saturated carbocycles. The Morgan fingerprint density at radius 3 is 2.00 bits per heavy atom. The summed E-state index contributed by atoms with van der Waals surface area (Å²) in [5.41, 5.74) is 5.44. The first kappa shape index (κ1) is 17.3. The lowest BCUT2D eigenvalue weighted by atomic mass is 9.60. The Labute approximate surface area is 124 Å². The molecule has 1 rings (SSSR count). The summed E-state index contributed by atoms with van der Waals surface area (Å²) >= 11 is 0. The highest BCUT2D eigenvalue weighted by Gasteiger charge is 2.47. The molecule has 118 valence electrons. The maximum Gasteiger partial charge on any atom is 0.410 e. The smallest absolute Gasteiger partial charge is 0.410 e. The zero-order chi connectivity index (χ0) is 15.8. The van der Waals surface area contributed by atoms with E-state index >= 15 is 0 Å². The molecule has 1 saturated heterocycles. The highest BCUT2D eigenvalue weighted by molar-refractivity contribution is 5.68. The van der Waals surface area contributed by atoms with Gasteiger partial charge in [-0.1, -0.05) is 27.7 Å². The molecule has 0 aromatic carbocycles. The highest BCUT2D eigenvalue weighted by Crippen LogP contribution is 2.47. The van der Waals surface area contributed by atoms with Crippen molar-refractivity contribution in [2.75, 3.05) is 19.6 Å². The van der Waals surface area contributed by atoms with Gasteiger partial charge >= 0.3 is 6.09 Å². The molecule has 1 amide bonds. The molecule has 4 heteroatoms. The number of hydrogen-bond acceptors (Lipinski definition) is 3. The van der Waals surface area contributed by atoms with E-state index in [0.29, 0.717) is 12.5 Å². The van der Waals surface area contributed by atoms with Crippen molar-refractivity contribution >= 4 is 6.09 Å². The zero-order valence-corrected chi connectivity index (χ0v) is 14.2. The van der Waals surface area contributed by atoms with Gasteiger partial charge in [-0.05, 0) is 50.5 Å². The fraction of sp³-hybridized carbons (Fsp3) is 0.938. The number of nitrogens with zero attached hydrogens (tertiary/aromatic N) is 1. The normalized spacial score (nSPS) is 22.7. The molecule has 0 aromatic heterocycles. The van der Waals surface area contributed by atoms with Gasteiger partial charge in [-0.3, -0.25) is 0 Å². The second kappa shape index (κ2) is 5.55. The van der Waals surface area contributed by atoms with E-state index in [1.54, 1.807) is 0 Å². The van der Waals surface area contributed by atoms with E-state index in [4.69, 9.17) is 10.5 Å². The molecule has 0 atom stereocenters. The molecule has 0 aliphatic carbocycles. The zero-order valence-electron chi connectivity index (χ0n) is 14.2. The number of ether oxygens (including phenoxy) is 1. The van der Waals surface area contributed by atoms with Gasteiger partial charge in [-0.25, -0.2) is 4.79 Å². The van der Waals surface area contributed by atoms with Crippen molar-refractivity contribution in [2.24, 2.45) is 22.5 Å². The number of hydrogen-bond donors (Lipinski definition) is 1. The van der Waals surface area contributed by atoms with Gasteiger partial charge in [0.15, 0.2) is 0 Å². The average molecular weight is 284 g/mol. The number of likely N-dealkylation sites (tertiary alicyclic amines) is 1.